The Balaban J connectivity index is 2.09. The van der Waals surface area contributed by atoms with E-state index >= 15 is 0 Å². The quantitative estimate of drug-likeness (QED) is 0.505. The lowest BCUT2D eigenvalue weighted by atomic mass is 10.3. The number of aromatic nitrogens is 1. The van der Waals surface area contributed by atoms with Gasteiger partial charge in [0.1, 0.15) is 5.76 Å². The van der Waals surface area contributed by atoms with Gasteiger partial charge in [-0.1, -0.05) is 0 Å². The molecule has 0 saturated heterocycles. The SMILES string of the molecule is Cc1nc(CNc2ccc([N+](=O)[O-])cc2I)oc1C. The van der Waals surface area contributed by atoms with Crippen molar-refractivity contribution in [2.24, 2.45) is 0 Å². The average molecular weight is 373 g/mol. The summed E-state index contributed by atoms with van der Waals surface area (Å²) in [5, 5.41) is 13.8. The molecule has 19 heavy (non-hydrogen) atoms. The molecule has 2 rings (SSSR count). The Labute approximate surface area is 123 Å². The maximum Gasteiger partial charge on any atom is 0.270 e. The molecule has 1 aromatic heterocycles. The number of non-ortho nitro benzene ring substituents is 1. The van der Waals surface area contributed by atoms with Crippen LogP contribution in [-0.4, -0.2) is 9.91 Å². The minimum atomic E-state index is -0.410. The van der Waals surface area contributed by atoms with Crippen LogP contribution in [0.2, 0.25) is 0 Å². The van der Waals surface area contributed by atoms with Crippen molar-refractivity contribution >= 4 is 34.0 Å². The molecule has 1 heterocycles. The zero-order chi connectivity index (χ0) is 14.0. The summed E-state index contributed by atoms with van der Waals surface area (Å²) in [5.41, 5.74) is 1.77. The molecule has 0 bridgehead atoms. The van der Waals surface area contributed by atoms with E-state index in [1.165, 1.54) is 12.1 Å². The number of nitrogens with zero attached hydrogens (tertiary/aromatic N) is 2. The molecule has 0 atom stereocenters. The molecular formula is C12H12IN3O3. The van der Waals surface area contributed by atoms with E-state index in [-0.39, 0.29) is 5.69 Å². The number of benzene rings is 1. The Morgan fingerprint density at radius 1 is 1.47 bits per heavy atom. The molecule has 0 fully saturated rings. The molecule has 1 N–H and O–H groups in total. The van der Waals surface area contributed by atoms with Gasteiger partial charge in [0, 0.05) is 21.4 Å². The summed E-state index contributed by atoms with van der Waals surface area (Å²) in [6, 6.07) is 4.67. The van der Waals surface area contributed by atoms with Crippen LogP contribution in [0.4, 0.5) is 11.4 Å². The van der Waals surface area contributed by atoms with Crippen LogP contribution in [0.5, 0.6) is 0 Å². The van der Waals surface area contributed by atoms with E-state index in [4.69, 9.17) is 4.42 Å². The van der Waals surface area contributed by atoms with E-state index in [1.54, 1.807) is 6.07 Å². The van der Waals surface area contributed by atoms with Crippen LogP contribution in [0.1, 0.15) is 17.3 Å². The molecule has 1 aromatic carbocycles. The molecule has 0 saturated carbocycles. The largest absolute Gasteiger partial charge is 0.444 e. The van der Waals surface area contributed by atoms with Gasteiger partial charge in [0.2, 0.25) is 5.89 Å². The van der Waals surface area contributed by atoms with Gasteiger partial charge in [-0.3, -0.25) is 10.1 Å². The van der Waals surface area contributed by atoms with Gasteiger partial charge in [-0.25, -0.2) is 4.98 Å². The van der Waals surface area contributed by atoms with Gasteiger partial charge in [0.15, 0.2) is 0 Å². The summed E-state index contributed by atoms with van der Waals surface area (Å²) in [5.74, 6) is 1.40. The number of hydrogen-bond acceptors (Lipinski definition) is 5. The standard InChI is InChI=1S/C12H12IN3O3/c1-7-8(2)19-12(15-7)6-14-11-4-3-9(16(17)18)5-10(11)13/h3-5,14H,6H2,1-2H3. The minimum absolute atomic E-state index is 0.0813. The molecule has 0 radical (unpaired) electrons. The summed E-state index contributed by atoms with van der Waals surface area (Å²) >= 11 is 2.06. The molecule has 0 aliphatic heterocycles. The summed E-state index contributed by atoms with van der Waals surface area (Å²) < 4.78 is 6.24. The van der Waals surface area contributed by atoms with Crippen LogP contribution in [0.15, 0.2) is 22.6 Å². The van der Waals surface area contributed by atoms with Crippen LogP contribution in [0.25, 0.3) is 0 Å². The second-order valence-corrected chi connectivity index (χ2v) is 5.19. The number of hydrogen-bond donors (Lipinski definition) is 1. The maximum atomic E-state index is 10.6. The zero-order valence-corrected chi connectivity index (χ0v) is 12.6. The van der Waals surface area contributed by atoms with Gasteiger partial charge >= 0.3 is 0 Å². The predicted molar refractivity (Wildman–Crippen MR) is 79.1 cm³/mol. The number of anilines is 1. The van der Waals surface area contributed by atoms with Gasteiger partial charge in [-0.15, -0.1) is 0 Å². The minimum Gasteiger partial charge on any atom is -0.444 e. The predicted octanol–water partition coefficient (Wildman–Crippen LogP) is 3.42. The van der Waals surface area contributed by atoms with Gasteiger partial charge in [0.25, 0.3) is 5.69 Å². The Morgan fingerprint density at radius 2 is 2.21 bits per heavy atom. The topological polar surface area (TPSA) is 81.2 Å². The Morgan fingerprint density at radius 3 is 2.74 bits per heavy atom. The molecule has 0 amide bonds. The van der Waals surface area contributed by atoms with Gasteiger partial charge < -0.3 is 9.73 Å². The summed E-state index contributed by atoms with van der Waals surface area (Å²) in [4.78, 5) is 14.5. The highest BCUT2D eigenvalue weighted by atomic mass is 127. The third kappa shape index (κ3) is 3.22. The van der Waals surface area contributed by atoms with Crippen LogP contribution >= 0.6 is 22.6 Å². The van der Waals surface area contributed by atoms with Crippen LogP contribution < -0.4 is 5.32 Å². The average Bonchev–Trinajstić information content (AvgIpc) is 2.67. The van der Waals surface area contributed by atoms with E-state index in [0.717, 1.165) is 20.7 Å². The highest BCUT2D eigenvalue weighted by molar-refractivity contribution is 14.1. The number of nitrogens with one attached hydrogen (secondary N) is 1. The van der Waals surface area contributed by atoms with Crippen molar-refractivity contribution in [1.29, 1.82) is 0 Å². The lowest BCUT2D eigenvalue weighted by Gasteiger charge is -2.06. The van der Waals surface area contributed by atoms with E-state index < -0.39 is 4.92 Å². The first-order valence-corrected chi connectivity index (χ1v) is 6.66. The highest BCUT2D eigenvalue weighted by Gasteiger charge is 2.10. The number of aryl methyl sites for hydroxylation is 2. The van der Waals surface area contributed by atoms with Crippen LogP contribution in [-0.2, 0) is 6.54 Å². The van der Waals surface area contributed by atoms with Crippen molar-refractivity contribution < 1.29 is 9.34 Å². The van der Waals surface area contributed by atoms with E-state index in [0.29, 0.717) is 12.4 Å². The van der Waals surface area contributed by atoms with Crippen LogP contribution in [0.3, 0.4) is 0 Å². The van der Waals surface area contributed by atoms with Crippen molar-refractivity contribution in [3.05, 3.63) is 49.2 Å². The Bertz CT molecular complexity index is 605. The second-order valence-electron chi connectivity index (χ2n) is 4.02. The summed E-state index contributed by atoms with van der Waals surface area (Å²) in [6.07, 6.45) is 0. The number of halogens is 1. The molecule has 6 nitrogen and oxygen atoms in total. The van der Waals surface area contributed by atoms with Crippen molar-refractivity contribution in [2.45, 2.75) is 20.4 Å². The molecule has 100 valence electrons. The number of nitro benzene ring substituents is 1. The third-order valence-electron chi connectivity index (χ3n) is 2.67. The van der Waals surface area contributed by atoms with Crippen molar-refractivity contribution in [3.63, 3.8) is 0 Å². The Hall–Kier alpha value is -1.64. The molecule has 0 aliphatic rings. The lowest BCUT2D eigenvalue weighted by Crippen LogP contribution is -2.02. The number of rotatable bonds is 4. The fraction of sp³-hybridized carbons (Fsp3) is 0.250. The third-order valence-corrected chi connectivity index (χ3v) is 3.56. The first-order chi connectivity index (χ1) is 8.97. The summed E-state index contributed by atoms with van der Waals surface area (Å²) in [6.45, 7) is 4.20. The zero-order valence-electron chi connectivity index (χ0n) is 10.4. The molecule has 0 unspecified atom stereocenters. The second kappa shape index (κ2) is 5.55. The van der Waals surface area contributed by atoms with E-state index in [1.807, 2.05) is 13.8 Å². The number of nitro groups is 1. The smallest absolute Gasteiger partial charge is 0.270 e. The van der Waals surface area contributed by atoms with Crippen molar-refractivity contribution in [2.75, 3.05) is 5.32 Å². The normalized spacial score (nSPS) is 10.5. The fourth-order valence-electron chi connectivity index (χ4n) is 1.55. The van der Waals surface area contributed by atoms with Gasteiger partial charge in [-0.2, -0.15) is 0 Å². The highest BCUT2D eigenvalue weighted by Crippen LogP contribution is 2.24. The molecular weight excluding hydrogens is 361 g/mol. The Kier molecular flexibility index (Phi) is 4.03. The van der Waals surface area contributed by atoms with Crippen molar-refractivity contribution in [1.82, 2.24) is 4.98 Å². The van der Waals surface area contributed by atoms with E-state index in [9.17, 15) is 10.1 Å². The molecule has 2 aromatic rings. The monoisotopic (exact) mass is 373 g/mol. The lowest BCUT2D eigenvalue weighted by molar-refractivity contribution is -0.384. The van der Waals surface area contributed by atoms with Crippen LogP contribution in [0, 0.1) is 27.5 Å². The molecule has 0 aliphatic carbocycles. The van der Waals surface area contributed by atoms with Crippen molar-refractivity contribution in [3.8, 4) is 0 Å². The molecule has 0 spiro atoms. The fourth-order valence-corrected chi connectivity index (χ4v) is 2.24. The maximum absolute atomic E-state index is 10.6. The first kappa shape index (κ1) is 13.8. The van der Waals surface area contributed by atoms with Gasteiger partial charge in [-0.05, 0) is 42.5 Å². The van der Waals surface area contributed by atoms with E-state index in [2.05, 4.69) is 32.9 Å². The summed E-state index contributed by atoms with van der Waals surface area (Å²) in [7, 11) is 0. The number of oxazole rings is 1. The molecule has 7 heteroatoms. The first-order valence-electron chi connectivity index (χ1n) is 5.58. The van der Waals surface area contributed by atoms with Gasteiger partial charge in [0.05, 0.1) is 17.2 Å².